The van der Waals surface area contributed by atoms with Gasteiger partial charge in [0.05, 0.1) is 17.7 Å². The number of halogens is 2. The molecule has 0 aliphatic carbocycles. The van der Waals surface area contributed by atoms with Crippen LogP contribution in [0.1, 0.15) is 29.3 Å². The molecule has 1 aromatic heterocycles. The molecular formula is C9H10F2N2O3. The molecule has 0 amide bonds. The summed E-state index contributed by atoms with van der Waals surface area (Å²) in [4.78, 5) is 24.5. The number of H-pyrrole nitrogens is 1. The maximum absolute atomic E-state index is 12.6. The summed E-state index contributed by atoms with van der Waals surface area (Å²) >= 11 is 0. The molecule has 0 aliphatic rings. The second-order valence-electron chi connectivity index (χ2n) is 2.88. The highest BCUT2D eigenvalue weighted by atomic mass is 19.3. The molecule has 0 aromatic carbocycles. The third kappa shape index (κ3) is 2.18. The van der Waals surface area contributed by atoms with E-state index in [4.69, 9.17) is 5.73 Å². The zero-order chi connectivity index (χ0) is 12.3. The number of alkyl halides is 2. The molecule has 0 unspecified atom stereocenters. The summed E-state index contributed by atoms with van der Waals surface area (Å²) in [5.74, 6) is -1.03. The van der Waals surface area contributed by atoms with Gasteiger partial charge in [-0.15, -0.1) is 0 Å². The van der Waals surface area contributed by atoms with Crippen molar-refractivity contribution in [2.45, 2.75) is 13.3 Å². The summed E-state index contributed by atoms with van der Waals surface area (Å²) in [7, 11) is 0. The fraction of sp³-hybridized carbons (Fsp3) is 0.333. The second kappa shape index (κ2) is 4.73. The molecule has 0 bridgehead atoms. The first-order chi connectivity index (χ1) is 7.49. The number of carbonyl (C=O) groups is 1. The van der Waals surface area contributed by atoms with E-state index in [1.807, 2.05) is 4.98 Å². The number of esters is 1. The lowest BCUT2D eigenvalue weighted by molar-refractivity contribution is 0.0516. The Morgan fingerprint density at radius 2 is 2.25 bits per heavy atom. The van der Waals surface area contributed by atoms with Crippen molar-refractivity contribution >= 4 is 11.7 Å². The van der Waals surface area contributed by atoms with Crippen LogP contribution in [0, 0.1) is 0 Å². The van der Waals surface area contributed by atoms with Crippen LogP contribution in [0.5, 0.6) is 0 Å². The highest BCUT2D eigenvalue weighted by Crippen LogP contribution is 2.24. The molecule has 7 heteroatoms. The summed E-state index contributed by atoms with van der Waals surface area (Å²) < 4.78 is 29.7. The number of nitrogen functional groups attached to an aromatic ring is 1. The predicted octanol–water partition coefficient (Wildman–Crippen LogP) is 1.07. The number of anilines is 1. The van der Waals surface area contributed by atoms with Crippen molar-refractivity contribution < 1.29 is 18.3 Å². The third-order valence-corrected chi connectivity index (χ3v) is 1.88. The van der Waals surface area contributed by atoms with Gasteiger partial charge >= 0.3 is 5.97 Å². The Hall–Kier alpha value is -1.92. The number of aromatic nitrogens is 1. The zero-order valence-electron chi connectivity index (χ0n) is 8.42. The Bertz CT molecular complexity index is 457. The first-order valence-corrected chi connectivity index (χ1v) is 4.45. The molecule has 1 aromatic rings. The van der Waals surface area contributed by atoms with Gasteiger partial charge in [0.25, 0.3) is 12.0 Å². The highest BCUT2D eigenvalue weighted by molar-refractivity contribution is 5.96. The van der Waals surface area contributed by atoms with Gasteiger partial charge in [-0.05, 0) is 6.92 Å². The van der Waals surface area contributed by atoms with Gasteiger partial charge in [-0.25, -0.2) is 13.6 Å². The number of carbonyl (C=O) groups excluding carboxylic acids is 1. The molecule has 1 rings (SSSR count). The Morgan fingerprint density at radius 3 is 2.75 bits per heavy atom. The van der Waals surface area contributed by atoms with Crippen LogP contribution in [-0.2, 0) is 4.74 Å². The summed E-state index contributed by atoms with van der Waals surface area (Å²) in [6.45, 7) is 1.52. The van der Waals surface area contributed by atoms with E-state index in [0.717, 1.165) is 6.20 Å². The van der Waals surface area contributed by atoms with E-state index in [0.29, 0.717) is 0 Å². The largest absolute Gasteiger partial charge is 0.462 e. The number of ether oxygens (including phenoxy) is 1. The van der Waals surface area contributed by atoms with Crippen LogP contribution in [0.3, 0.4) is 0 Å². The van der Waals surface area contributed by atoms with E-state index in [-0.39, 0.29) is 6.61 Å². The summed E-state index contributed by atoms with van der Waals surface area (Å²) in [6.07, 6.45) is -2.16. The maximum atomic E-state index is 12.6. The van der Waals surface area contributed by atoms with Crippen molar-refractivity contribution in [3.05, 3.63) is 27.7 Å². The number of aromatic amines is 1. The minimum absolute atomic E-state index is 0.00769. The molecule has 16 heavy (non-hydrogen) atoms. The lowest BCUT2D eigenvalue weighted by Crippen LogP contribution is -2.21. The highest BCUT2D eigenvalue weighted by Gasteiger charge is 2.23. The van der Waals surface area contributed by atoms with E-state index in [9.17, 15) is 18.4 Å². The summed E-state index contributed by atoms with van der Waals surface area (Å²) in [6, 6.07) is 0. The fourth-order valence-electron chi connectivity index (χ4n) is 1.17. The summed E-state index contributed by atoms with van der Waals surface area (Å²) in [5, 5.41) is 0. The first kappa shape index (κ1) is 12.2. The van der Waals surface area contributed by atoms with Gasteiger partial charge in [0.15, 0.2) is 0 Å². The van der Waals surface area contributed by atoms with Gasteiger partial charge in [-0.2, -0.15) is 0 Å². The Morgan fingerprint density at radius 1 is 1.62 bits per heavy atom. The maximum Gasteiger partial charge on any atom is 0.340 e. The van der Waals surface area contributed by atoms with Crippen LogP contribution >= 0.6 is 0 Å². The van der Waals surface area contributed by atoms with Crippen molar-refractivity contribution in [1.82, 2.24) is 4.98 Å². The average molecular weight is 232 g/mol. The molecule has 0 saturated heterocycles. The van der Waals surface area contributed by atoms with Gasteiger partial charge in [0.1, 0.15) is 5.69 Å². The van der Waals surface area contributed by atoms with E-state index >= 15 is 0 Å². The molecule has 0 saturated carbocycles. The van der Waals surface area contributed by atoms with Crippen LogP contribution in [0.15, 0.2) is 11.0 Å². The zero-order valence-corrected chi connectivity index (χ0v) is 8.42. The Kier molecular flexibility index (Phi) is 3.60. The lowest BCUT2D eigenvalue weighted by atomic mass is 10.1. The topological polar surface area (TPSA) is 85.2 Å². The van der Waals surface area contributed by atoms with Crippen molar-refractivity contribution in [3.63, 3.8) is 0 Å². The van der Waals surface area contributed by atoms with Gasteiger partial charge < -0.3 is 15.5 Å². The third-order valence-electron chi connectivity index (χ3n) is 1.88. The standard InChI is InChI=1S/C9H10F2N2O3/c1-2-16-9(15)5-4(7(10)11)3-13-8(14)6(5)12/h3,7H,2,12H2,1H3,(H,13,14). The number of nitrogens with one attached hydrogen (secondary N) is 1. The molecule has 1 heterocycles. The van der Waals surface area contributed by atoms with Crippen LogP contribution in [0.4, 0.5) is 14.5 Å². The molecule has 0 radical (unpaired) electrons. The van der Waals surface area contributed by atoms with Crippen molar-refractivity contribution in [2.75, 3.05) is 12.3 Å². The van der Waals surface area contributed by atoms with E-state index in [1.54, 1.807) is 0 Å². The number of hydrogen-bond acceptors (Lipinski definition) is 4. The molecule has 88 valence electrons. The normalized spacial score (nSPS) is 10.5. The Labute approximate surface area is 89.2 Å². The smallest absolute Gasteiger partial charge is 0.340 e. The first-order valence-electron chi connectivity index (χ1n) is 4.45. The quantitative estimate of drug-likeness (QED) is 0.763. The Balaban J connectivity index is 3.37. The second-order valence-corrected chi connectivity index (χ2v) is 2.88. The van der Waals surface area contributed by atoms with Crippen LogP contribution < -0.4 is 11.3 Å². The van der Waals surface area contributed by atoms with Gasteiger partial charge in [-0.1, -0.05) is 0 Å². The number of rotatable bonds is 3. The predicted molar refractivity (Wildman–Crippen MR) is 52.4 cm³/mol. The SMILES string of the molecule is CCOC(=O)c1c(C(F)F)c[nH]c(=O)c1N. The minimum Gasteiger partial charge on any atom is -0.462 e. The van der Waals surface area contributed by atoms with Crippen LogP contribution in [-0.4, -0.2) is 17.6 Å². The molecule has 0 fully saturated rings. The number of nitrogens with two attached hydrogens (primary N) is 1. The van der Waals surface area contributed by atoms with E-state index in [1.165, 1.54) is 6.92 Å². The molecule has 0 spiro atoms. The minimum atomic E-state index is -2.92. The van der Waals surface area contributed by atoms with Crippen LogP contribution in [0.25, 0.3) is 0 Å². The lowest BCUT2D eigenvalue weighted by Gasteiger charge is -2.09. The molecular weight excluding hydrogens is 222 g/mol. The van der Waals surface area contributed by atoms with Gasteiger partial charge in [-0.3, -0.25) is 4.79 Å². The van der Waals surface area contributed by atoms with Crippen molar-refractivity contribution in [2.24, 2.45) is 0 Å². The molecule has 5 nitrogen and oxygen atoms in total. The van der Waals surface area contributed by atoms with Gasteiger partial charge in [0.2, 0.25) is 0 Å². The van der Waals surface area contributed by atoms with E-state index < -0.39 is 34.8 Å². The number of pyridine rings is 1. The average Bonchev–Trinajstić information content (AvgIpc) is 2.21. The van der Waals surface area contributed by atoms with Crippen LogP contribution in [0.2, 0.25) is 0 Å². The van der Waals surface area contributed by atoms with Gasteiger partial charge in [0, 0.05) is 6.20 Å². The number of hydrogen-bond donors (Lipinski definition) is 2. The molecule has 3 N–H and O–H groups in total. The van der Waals surface area contributed by atoms with Crippen molar-refractivity contribution in [3.8, 4) is 0 Å². The van der Waals surface area contributed by atoms with E-state index in [2.05, 4.69) is 4.74 Å². The fourth-order valence-corrected chi connectivity index (χ4v) is 1.17. The molecule has 0 atom stereocenters. The molecule has 0 aliphatic heterocycles. The van der Waals surface area contributed by atoms with Crippen molar-refractivity contribution in [1.29, 1.82) is 0 Å². The monoisotopic (exact) mass is 232 g/mol. The summed E-state index contributed by atoms with van der Waals surface area (Å²) in [5.41, 5.74) is 2.70.